The lowest BCUT2D eigenvalue weighted by molar-refractivity contribution is -0.130. The molecule has 1 saturated heterocycles. The second kappa shape index (κ2) is 5.68. The Hall–Kier alpha value is -1.44. The fourth-order valence-electron chi connectivity index (χ4n) is 1.54. The highest BCUT2D eigenvalue weighted by atomic mass is 35.5. The molecule has 0 atom stereocenters. The fraction of sp³-hybridized carbons (Fsp3) is 0.545. The van der Waals surface area contributed by atoms with Crippen LogP contribution in [0.15, 0.2) is 6.07 Å². The van der Waals surface area contributed by atoms with E-state index in [2.05, 4.69) is 20.6 Å². The smallest absolute Gasteiger partial charge is 0.252 e. The van der Waals surface area contributed by atoms with Gasteiger partial charge in [-0.2, -0.15) is 4.98 Å². The molecule has 7 nitrogen and oxygen atoms in total. The van der Waals surface area contributed by atoms with E-state index in [1.165, 1.54) is 13.2 Å². The molecule has 0 bridgehead atoms. The van der Waals surface area contributed by atoms with Gasteiger partial charge >= 0.3 is 0 Å². The van der Waals surface area contributed by atoms with Gasteiger partial charge in [-0.1, -0.05) is 11.6 Å². The van der Waals surface area contributed by atoms with Crippen molar-refractivity contribution in [3.8, 4) is 5.88 Å². The van der Waals surface area contributed by atoms with Crippen molar-refractivity contribution in [1.29, 1.82) is 0 Å². The van der Waals surface area contributed by atoms with E-state index in [9.17, 15) is 4.79 Å². The molecular weight excluding hydrogens is 272 g/mol. The average Bonchev–Trinajstić information content (AvgIpc) is 2.33. The standard InChI is InChI=1S/C11H15ClN4O3/c1-11(5-13-6-11)19-4-8(17)15-10-14-7(12)3-9(16-10)18-2/h3,13H,4-6H2,1-2H3,(H,14,15,16,17). The van der Waals surface area contributed by atoms with Crippen molar-refractivity contribution in [2.24, 2.45) is 0 Å². The van der Waals surface area contributed by atoms with E-state index in [-0.39, 0.29) is 35.1 Å². The molecule has 1 aliphatic rings. The number of anilines is 1. The predicted octanol–water partition coefficient (Wildman–Crippen LogP) is 0.456. The van der Waals surface area contributed by atoms with Crippen LogP contribution in [0.25, 0.3) is 0 Å². The lowest BCUT2D eigenvalue weighted by Crippen LogP contribution is -2.59. The number of nitrogens with one attached hydrogen (secondary N) is 2. The minimum absolute atomic E-state index is 0.0592. The highest BCUT2D eigenvalue weighted by Gasteiger charge is 2.33. The molecule has 1 fully saturated rings. The van der Waals surface area contributed by atoms with Crippen LogP contribution in [0.3, 0.4) is 0 Å². The molecule has 8 heteroatoms. The third kappa shape index (κ3) is 3.76. The van der Waals surface area contributed by atoms with Crippen molar-refractivity contribution in [3.05, 3.63) is 11.2 Å². The van der Waals surface area contributed by atoms with Crippen LogP contribution < -0.4 is 15.4 Å². The molecule has 0 radical (unpaired) electrons. The number of aromatic nitrogens is 2. The summed E-state index contributed by atoms with van der Waals surface area (Å²) in [6, 6.07) is 1.45. The van der Waals surface area contributed by atoms with Gasteiger partial charge in [-0.25, -0.2) is 4.98 Å². The van der Waals surface area contributed by atoms with Gasteiger partial charge in [-0.3, -0.25) is 10.1 Å². The molecule has 0 spiro atoms. The second-order valence-electron chi connectivity index (χ2n) is 4.45. The van der Waals surface area contributed by atoms with Gasteiger partial charge in [0, 0.05) is 19.2 Å². The number of hydrogen-bond acceptors (Lipinski definition) is 6. The van der Waals surface area contributed by atoms with Crippen molar-refractivity contribution in [1.82, 2.24) is 15.3 Å². The fourth-order valence-corrected chi connectivity index (χ4v) is 1.71. The maximum Gasteiger partial charge on any atom is 0.252 e. The molecule has 1 aromatic rings. The number of methoxy groups -OCH3 is 1. The first-order chi connectivity index (χ1) is 9.00. The minimum atomic E-state index is -0.336. The third-order valence-electron chi connectivity index (χ3n) is 2.68. The Bertz CT molecular complexity index is 479. The van der Waals surface area contributed by atoms with Crippen LogP contribution in [0.5, 0.6) is 5.88 Å². The number of nitrogens with zero attached hydrogens (tertiary/aromatic N) is 2. The highest BCUT2D eigenvalue weighted by molar-refractivity contribution is 6.29. The van der Waals surface area contributed by atoms with Crippen LogP contribution in [0, 0.1) is 0 Å². The summed E-state index contributed by atoms with van der Waals surface area (Å²) >= 11 is 5.77. The summed E-state index contributed by atoms with van der Waals surface area (Å²) in [6.45, 7) is 3.36. The normalized spacial score (nSPS) is 16.6. The number of carbonyl (C=O) groups excluding carboxylic acids is 1. The number of ether oxygens (including phenoxy) is 2. The Morgan fingerprint density at radius 2 is 2.32 bits per heavy atom. The predicted molar refractivity (Wildman–Crippen MR) is 69.5 cm³/mol. The van der Waals surface area contributed by atoms with Crippen LogP contribution in [-0.4, -0.2) is 48.3 Å². The van der Waals surface area contributed by atoms with Gasteiger partial charge in [0.05, 0.1) is 12.7 Å². The zero-order valence-corrected chi connectivity index (χ0v) is 11.5. The number of amides is 1. The molecule has 104 valence electrons. The summed E-state index contributed by atoms with van der Waals surface area (Å²) in [5.41, 5.74) is -0.274. The molecule has 0 aliphatic carbocycles. The Morgan fingerprint density at radius 1 is 1.58 bits per heavy atom. The van der Waals surface area contributed by atoms with Crippen LogP contribution in [0.4, 0.5) is 5.95 Å². The summed E-state index contributed by atoms with van der Waals surface area (Å²) in [6.07, 6.45) is 0. The molecule has 0 unspecified atom stereocenters. The van der Waals surface area contributed by atoms with Crippen molar-refractivity contribution in [2.45, 2.75) is 12.5 Å². The van der Waals surface area contributed by atoms with E-state index in [1.54, 1.807) is 0 Å². The van der Waals surface area contributed by atoms with Crippen LogP contribution in [-0.2, 0) is 9.53 Å². The third-order valence-corrected chi connectivity index (χ3v) is 2.87. The molecule has 19 heavy (non-hydrogen) atoms. The number of halogens is 1. The number of rotatable bonds is 5. The summed E-state index contributed by atoms with van der Waals surface area (Å²) in [4.78, 5) is 19.5. The molecule has 2 heterocycles. The first-order valence-electron chi connectivity index (χ1n) is 5.74. The molecule has 1 aliphatic heterocycles. The minimum Gasteiger partial charge on any atom is -0.481 e. The summed E-state index contributed by atoms with van der Waals surface area (Å²) < 4.78 is 10.4. The van der Waals surface area contributed by atoms with Gasteiger partial charge in [0.15, 0.2) is 0 Å². The van der Waals surface area contributed by atoms with Gasteiger partial charge in [0.2, 0.25) is 11.8 Å². The van der Waals surface area contributed by atoms with E-state index in [0.717, 1.165) is 13.1 Å². The Labute approximate surface area is 115 Å². The second-order valence-corrected chi connectivity index (χ2v) is 4.83. The first kappa shape index (κ1) is 14.0. The largest absolute Gasteiger partial charge is 0.481 e. The van der Waals surface area contributed by atoms with E-state index in [0.29, 0.717) is 0 Å². The lowest BCUT2D eigenvalue weighted by Gasteiger charge is -2.38. The monoisotopic (exact) mass is 286 g/mol. The Kier molecular flexibility index (Phi) is 4.18. The van der Waals surface area contributed by atoms with E-state index >= 15 is 0 Å². The summed E-state index contributed by atoms with van der Waals surface area (Å²) in [7, 11) is 1.46. The van der Waals surface area contributed by atoms with Crippen LogP contribution >= 0.6 is 11.6 Å². The maximum atomic E-state index is 11.7. The molecule has 1 aromatic heterocycles. The SMILES string of the molecule is COc1cc(Cl)nc(NC(=O)COC2(C)CNC2)n1. The average molecular weight is 287 g/mol. The van der Waals surface area contributed by atoms with Gasteiger partial charge in [-0.15, -0.1) is 0 Å². The van der Waals surface area contributed by atoms with Crippen LogP contribution in [0.1, 0.15) is 6.92 Å². The van der Waals surface area contributed by atoms with Crippen LogP contribution in [0.2, 0.25) is 5.15 Å². The summed E-state index contributed by atoms with van der Waals surface area (Å²) in [5.74, 6) is 0.0404. The molecule has 0 aromatic carbocycles. The zero-order chi connectivity index (χ0) is 13.9. The lowest BCUT2D eigenvalue weighted by atomic mass is 10.0. The maximum absolute atomic E-state index is 11.7. The Balaban J connectivity index is 1.89. The van der Waals surface area contributed by atoms with Gasteiger partial charge in [0.25, 0.3) is 5.91 Å². The van der Waals surface area contributed by atoms with Crippen molar-refractivity contribution >= 4 is 23.5 Å². The van der Waals surface area contributed by atoms with E-state index in [4.69, 9.17) is 21.1 Å². The molecule has 2 rings (SSSR count). The molecule has 0 saturated carbocycles. The Morgan fingerprint density at radius 3 is 2.89 bits per heavy atom. The first-order valence-corrected chi connectivity index (χ1v) is 6.12. The van der Waals surface area contributed by atoms with Gasteiger partial charge < -0.3 is 14.8 Å². The quantitative estimate of drug-likeness (QED) is 0.765. The van der Waals surface area contributed by atoms with Gasteiger partial charge in [-0.05, 0) is 6.92 Å². The molecule has 1 amide bonds. The van der Waals surface area contributed by atoms with E-state index < -0.39 is 0 Å². The van der Waals surface area contributed by atoms with Crippen molar-refractivity contribution in [2.75, 3.05) is 32.1 Å². The number of hydrogen-bond donors (Lipinski definition) is 2. The summed E-state index contributed by atoms with van der Waals surface area (Å²) in [5, 5.41) is 5.78. The van der Waals surface area contributed by atoms with Gasteiger partial charge in [0.1, 0.15) is 11.8 Å². The van der Waals surface area contributed by atoms with Crippen molar-refractivity contribution in [3.63, 3.8) is 0 Å². The highest BCUT2D eigenvalue weighted by Crippen LogP contribution is 2.17. The molecular formula is C11H15ClN4O3. The number of carbonyl (C=O) groups is 1. The van der Waals surface area contributed by atoms with Crippen molar-refractivity contribution < 1.29 is 14.3 Å². The molecule has 2 N–H and O–H groups in total. The van der Waals surface area contributed by atoms with E-state index in [1.807, 2.05) is 6.92 Å². The topological polar surface area (TPSA) is 85.4 Å². The zero-order valence-electron chi connectivity index (χ0n) is 10.7.